The second-order valence-electron chi connectivity index (χ2n) is 5.60. The molecule has 0 spiro atoms. The van der Waals surface area contributed by atoms with Gasteiger partial charge in [-0.05, 0) is 30.2 Å². The number of benzene rings is 2. The molecule has 0 saturated carbocycles. The highest BCUT2D eigenvalue weighted by molar-refractivity contribution is 7.98. The molecule has 0 aliphatic carbocycles. The van der Waals surface area contributed by atoms with Crippen molar-refractivity contribution in [2.75, 3.05) is 0 Å². The summed E-state index contributed by atoms with van der Waals surface area (Å²) < 4.78 is 29.0. The number of halogens is 2. The Labute approximate surface area is 149 Å². The average molecular weight is 360 g/mol. The number of nitrogens with zero attached hydrogens (tertiary/aromatic N) is 2. The van der Waals surface area contributed by atoms with Crippen molar-refractivity contribution in [1.82, 2.24) is 9.55 Å². The van der Waals surface area contributed by atoms with Crippen molar-refractivity contribution in [3.8, 4) is 0 Å². The van der Waals surface area contributed by atoms with Crippen molar-refractivity contribution in [1.29, 1.82) is 0 Å². The number of aliphatic hydroxyl groups is 1. The molecule has 0 unspecified atom stereocenters. The van der Waals surface area contributed by atoms with Gasteiger partial charge in [0, 0.05) is 17.9 Å². The van der Waals surface area contributed by atoms with Crippen LogP contribution in [0.3, 0.4) is 0 Å². The molecule has 0 aliphatic heterocycles. The highest BCUT2D eigenvalue weighted by Crippen LogP contribution is 2.25. The third-order valence-corrected chi connectivity index (χ3v) is 4.93. The van der Waals surface area contributed by atoms with Crippen molar-refractivity contribution < 1.29 is 13.9 Å². The Kier molecular flexibility index (Phi) is 5.83. The third kappa shape index (κ3) is 4.46. The van der Waals surface area contributed by atoms with Gasteiger partial charge in [-0.2, -0.15) is 0 Å². The van der Waals surface area contributed by atoms with E-state index in [2.05, 4.69) is 4.98 Å². The summed E-state index contributed by atoms with van der Waals surface area (Å²) in [6, 6.07) is 13.5. The number of thioether (sulfide) groups is 1. The van der Waals surface area contributed by atoms with Crippen LogP contribution in [0.5, 0.6) is 0 Å². The van der Waals surface area contributed by atoms with Gasteiger partial charge in [-0.3, -0.25) is 0 Å². The fraction of sp³-hybridized carbons (Fsp3) is 0.211. The maximum Gasteiger partial charge on any atom is 0.168 e. The normalized spacial score (nSPS) is 11.0. The minimum Gasteiger partial charge on any atom is -0.390 e. The first-order valence-corrected chi connectivity index (χ1v) is 8.92. The Bertz CT molecular complexity index is 837. The van der Waals surface area contributed by atoms with Crippen LogP contribution in [0.4, 0.5) is 8.78 Å². The van der Waals surface area contributed by atoms with Gasteiger partial charge in [-0.25, -0.2) is 13.8 Å². The van der Waals surface area contributed by atoms with E-state index in [1.54, 1.807) is 6.20 Å². The van der Waals surface area contributed by atoms with Crippen LogP contribution in [0.1, 0.15) is 16.8 Å². The number of aliphatic hydroxyl groups excluding tert-OH is 1. The largest absolute Gasteiger partial charge is 0.390 e. The second-order valence-corrected chi connectivity index (χ2v) is 6.54. The first kappa shape index (κ1) is 17.6. The molecular weight excluding hydrogens is 342 g/mol. The number of hydrogen-bond donors (Lipinski definition) is 1. The highest BCUT2D eigenvalue weighted by atomic mass is 32.2. The lowest BCUT2D eigenvalue weighted by atomic mass is 10.1. The van der Waals surface area contributed by atoms with Crippen LogP contribution < -0.4 is 0 Å². The molecule has 130 valence electrons. The summed E-state index contributed by atoms with van der Waals surface area (Å²) in [4.78, 5) is 4.32. The lowest BCUT2D eigenvalue weighted by Gasteiger charge is -2.11. The fourth-order valence-electron chi connectivity index (χ4n) is 2.55. The summed E-state index contributed by atoms with van der Waals surface area (Å²) in [5, 5.41) is 10.2. The molecule has 0 aliphatic rings. The maximum absolute atomic E-state index is 13.8. The molecule has 3 nitrogen and oxygen atoms in total. The molecule has 3 rings (SSSR count). The average Bonchev–Trinajstić information content (AvgIpc) is 3.03. The SMILES string of the molecule is OCc1cnc(SCc2cc(F)ccc2F)n1CCc1ccccc1. The smallest absolute Gasteiger partial charge is 0.168 e. The summed E-state index contributed by atoms with van der Waals surface area (Å²) in [6.07, 6.45) is 2.42. The lowest BCUT2D eigenvalue weighted by molar-refractivity contribution is 0.269. The molecule has 0 atom stereocenters. The van der Waals surface area contributed by atoms with Gasteiger partial charge in [0.1, 0.15) is 11.6 Å². The van der Waals surface area contributed by atoms with Crippen molar-refractivity contribution in [3.05, 3.63) is 83.2 Å². The minimum absolute atomic E-state index is 0.114. The zero-order valence-electron chi connectivity index (χ0n) is 13.5. The summed E-state index contributed by atoms with van der Waals surface area (Å²) in [5.41, 5.74) is 2.19. The summed E-state index contributed by atoms with van der Waals surface area (Å²) in [6.45, 7) is 0.546. The van der Waals surface area contributed by atoms with E-state index in [0.29, 0.717) is 23.0 Å². The quantitative estimate of drug-likeness (QED) is 0.642. The van der Waals surface area contributed by atoms with Crippen molar-refractivity contribution in [3.63, 3.8) is 0 Å². The molecule has 0 amide bonds. The number of aryl methyl sites for hydroxylation is 1. The van der Waals surface area contributed by atoms with Crippen LogP contribution in [0.15, 0.2) is 59.9 Å². The summed E-state index contributed by atoms with van der Waals surface area (Å²) in [7, 11) is 0. The maximum atomic E-state index is 13.8. The van der Waals surface area contributed by atoms with E-state index in [4.69, 9.17) is 0 Å². The molecule has 1 heterocycles. The molecule has 0 bridgehead atoms. The minimum atomic E-state index is -0.458. The van der Waals surface area contributed by atoms with Gasteiger partial charge in [-0.1, -0.05) is 42.1 Å². The lowest BCUT2D eigenvalue weighted by Crippen LogP contribution is -2.07. The van der Waals surface area contributed by atoms with Gasteiger partial charge in [0.05, 0.1) is 18.5 Å². The summed E-state index contributed by atoms with van der Waals surface area (Å²) in [5.74, 6) is -0.615. The van der Waals surface area contributed by atoms with E-state index in [1.807, 2.05) is 34.9 Å². The molecule has 0 saturated heterocycles. The van der Waals surface area contributed by atoms with E-state index in [1.165, 1.54) is 23.4 Å². The number of aromatic nitrogens is 2. The van der Waals surface area contributed by atoms with E-state index in [9.17, 15) is 13.9 Å². The first-order chi connectivity index (χ1) is 12.2. The van der Waals surface area contributed by atoms with Gasteiger partial charge in [-0.15, -0.1) is 0 Å². The van der Waals surface area contributed by atoms with Crippen LogP contribution in [0, 0.1) is 11.6 Å². The molecular formula is C19H18F2N2OS. The molecule has 1 aromatic heterocycles. The molecule has 0 radical (unpaired) electrons. The molecule has 2 aromatic carbocycles. The fourth-order valence-corrected chi connectivity index (χ4v) is 3.55. The molecule has 0 fully saturated rings. The first-order valence-electron chi connectivity index (χ1n) is 7.93. The van der Waals surface area contributed by atoms with Gasteiger partial charge < -0.3 is 9.67 Å². The van der Waals surface area contributed by atoms with Crippen LogP contribution in [0.25, 0.3) is 0 Å². The predicted octanol–water partition coefficient (Wildman–Crippen LogP) is 4.19. The van der Waals surface area contributed by atoms with Crippen molar-refractivity contribution in [2.24, 2.45) is 0 Å². The Balaban J connectivity index is 1.73. The monoisotopic (exact) mass is 360 g/mol. The van der Waals surface area contributed by atoms with E-state index in [-0.39, 0.29) is 12.4 Å². The molecule has 1 N–H and O–H groups in total. The van der Waals surface area contributed by atoms with Gasteiger partial charge in [0.25, 0.3) is 0 Å². The van der Waals surface area contributed by atoms with Crippen LogP contribution in [-0.2, 0) is 25.3 Å². The third-order valence-electron chi connectivity index (χ3n) is 3.90. The molecule has 25 heavy (non-hydrogen) atoms. The zero-order chi connectivity index (χ0) is 17.6. The van der Waals surface area contributed by atoms with Gasteiger partial charge in [0.2, 0.25) is 0 Å². The Morgan fingerprint density at radius 1 is 1.08 bits per heavy atom. The number of hydrogen-bond acceptors (Lipinski definition) is 3. The molecule has 3 aromatic rings. The van der Waals surface area contributed by atoms with Gasteiger partial charge in [0.15, 0.2) is 5.16 Å². The van der Waals surface area contributed by atoms with E-state index in [0.717, 1.165) is 18.6 Å². The van der Waals surface area contributed by atoms with E-state index < -0.39 is 11.6 Å². The Morgan fingerprint density at radius 2 is 1.88 bits per heavy atom. The van der Waals surface area contributed by atoms with Crippen LogP contribution in [-0.4, -0.2) is 14.7 Å². The Hall–Kier alpha value is -2.18. The highest BCUT2D eigenvalue weighted by Gasteiger charge is 2.12. The van der Waals surface area contributed by atoms with Crippen molar-refractivity contribution in [2.45, 2.75) is 30.5 Å². The topological polar surface area (TPSA) is 38.1 Å². The van der Waals surface area contributed by atoms with Crippen molar-refractivity contribution >= 4 is 11.8 Å². The van der Waals surface area contributed by atoms with E-state index >= 15 is 0 Å². The summed E-state index contributed by atoms with van der Waals surface area (Å²) >= 11 is 1.33. The van der Waals surface area contributed by atoms with Crippen LogP contribution >= 0.6 is 11.8 Å². The van der Waals surface area contributed by atoms with Gasteiger partial charge >= 0.3 is 0 Å². The predicted molar refractivity (Wildman–Crippen MR) is 94.2 cm³/mol. The standard InChI is InChI=1S/C19H18F2N2OS/c20-16-6-7-18(21)15(10-16)13-25-19-22-11-17(12-24)23(19)9-8-14-4-2-1-3-5-14/h1-7,10-11,24H,8-9,12-13H2. The number of rotatable bonds is 7. The Morgan fingerprint density at radius 3 is 2.64 bits per heavy atom. The van der Waals surface area contributed by atoms with Crippen LogP contribution in [0.2, 0.25) is 0 Å². The molecule has 6 heteroatoms. The number of imidazole rings is 1. The zero-order valence-corrected chi connectivity index (χ0v) is 14.3. The second kappa shape index (κ2) is 8.27.